The molecule has 1 N–H and O–H groups in total. The first kappa shape index (κ1) is 26.9. The number of piperazine rings is 1. The molecule has 0 aliphatic carbocycles. The van der Waals surface area contributed by atoms with Crippen molar-refractivity contribution in [1.82, 2.24) is 14.8 Å². The van der Waals surface area contributed by atoms with Gasteiger partial charge in [-0.25, -0.2) is 4.98 Å². The van der Waals surface area contributed by atoms with Crippen molar-refractivity contribution in [1.29, 1.82) is 0 Å². The number of methoxy groups -OCH3 is 1. The van der Waals surface area contributed by atoms with Crippen molar-refractivity contribution in [3.05, 3.63) is 64.5 Å². The summed E-state index contributed by atoms with van der Waals surface area (Å²) < 4.78 is 6.45. The van der Waals surface area contributed by atoms with E-state index in [0.717, 1.165) is 21.1 Å². The van der Waals surface area contributed by atoms with Crippen molar-refractivity contribution < 1.29 is 19.1 Å². The SMILES string of the molecule is C=CC(=O)N1CCN(C(=O)c2cc(Sc3cnc(NC(=O)c4ccsc4)s3)c(C)cc2OC)CC1CC. The fourth-order valence-corrected chi connectivity index (χ4v) is 6.68. The molecule has 0 spiro atoms. The van der Waals surface area contributed by atoms with Crippen LogP contribution >= 0.6 is 34.4 Å². The molecule has 3 amide bonds. The van der Waals surface area contributed by atoms with Crippen LogP contribution in [0.5, 0.6) is 5.75 Å². The van der Waals surface area contributed by atoms with Gasteiger partial charge < -0.3 is 14.5 Å². The highest BCUT2D eigenvalue weighted by Gasteiger charge is 2.32. The molecule has 1 fully saturated rings. The summed E-state index contributed by atoms with van der Waals surface area (Å²) in [4.78, 5) is 46.9. The molecule has 1 saturated heterocycles. The molecular weight excluding hydrogens is 529 g/mol. The van der Waals surface area contributed by atoms with Gasteiger partial charge in [0.25, 0.3) is 11.8 Å². The van der Waals surface area contributed by atoms with Gasteiger partial charge in [-0.2, -0.15) is 11.3 Å². The van der Waals surface area contributed by atoms with E-state index in [1.165, 1.54) is 40.5 Å². The smallest absolute Gasteiger partial charge is 0.258 e. The number of benzene rings is 1. The number of carbonyl (C=O) groups is 3. The Hall–Kier alpha value is -3.15. The van der Waals surface area contributed by atoms with Crippen LogP contribution in [0.25, 0.3) is 0 Å². The Bertz CT molecular complexity index is 1310. The quantitative estimate of drug-likeness (QED) is 0.385. The average molecular weight is 557 g/mol. The summed E-state index contributed by atoms with van der Waals surface area (Å²) in [7, 11) is 1.56. The van der Waals surface area contributed by atoms with Gasteiger partial charge in [-0.05, 0) is 48.6 Å². The van der Waals surface area contributed by atoms with E-state index in [-0.39, 0.29) is 23.8 Å². The molecule has 4 rings (SSSR count). The van der Waals surface area contributed by atoms with Gasteiger partial charge in [-0.3, -0.25) is 19.7 Å². The standard InChI is InChI=1S/C26H28N4O4S3/c1-5-18-14-29(8-9-30(18)22(31)6-2)25(33)19-12-21(16(3)11-20(19)34-4)36-23-13-27-26(37-23)28-24(32)17-7-10-35-15-17/h6-7,10-13,15,18H,2,5,8-9,14H2,1,3-4H3,(H,27,28,32). The number of amides is 3. The van der Waals surface area contributed by atoms with Gasteiger partial charge in [0.1, 0.15) is 5.75 Å². The van der Waals surface area contributed by atoms with Crippen LogP contribution in [0.3, 0.4) is 0 Å². The lowest BCUT2D eigenvalue weighted by Crippen LogP contribution is -2.56. The fourth-order valence-electron chi connectivity index (χ4n) is 4.11. The van der Waals surface area contributed by atoms with Crippen LogP contribution in [0.4, 0.5) is 5.13 Å². The topological polar surface area (TPSA) is 91.8 Å². The summed E-state index contributed by atoms with van der Waals surface area (Å²) >= 11 is 4.32. The molecule has 11 heteroatoms. The average Bonchev–Trinajstić information content (AvgIpc) is 3.61. The van der Waals surface area contributed by atoms with Crippen LogP contribution in [-0.4, -0.2) is 65.3 Å². The zero-order valence-corrected chi connectivity index (χ0v) is 23.3. The Morgan fingerprint density at radius 1 is 1.32 bits per heavy atom. The molecule has 1 aliphatic rings. The second kappa shape index (κ2) is 11.9. The van der Waals surface area contributed by atoms with Gasteiger partial charge in [-0.1, -0.05) is 36.6 Å². The number of hydrogen-bond donors (Lipinski definition) is 1. The fraction of sp³-hybridized carbons (Fsp3) is 0.308. The molecule has 0 bridgehead atoms. The molecular formula is C26H28N4O4S3. The van der Waals surface area contributed by atoms with Gasteiger partial charge in [0.05, 0.1) is 28.6 Å². The van der Waals surface area contributed by atoms with E-state index >= 15 is 0 Å². The van der Waals surface area contributed by atoms with Crippen LogP contribution in [-0.2, 0) is 4.79 Å². The van der Waals surface area contributed by atoms with Crippen LogP contribution in [0.1, 0.15) is 39.6 Å². The zero-order chi connectivity index (χ0) is 26.5. The highest BCUT2D eigenvalue weighted by Crippen LogP contribution is 2.38. The Kier molecular flexibility index (Phi) is 8.67. The van der Waals surface area contributed by atoms with E-state index in [1.54, 1.807) is 34.6 Å². The third-order valence-electron chi connectivity index (χ3n) is 6.13. The van der Waals surface area contributed by atoms with Crippen LogP contribution in [0.2, 0.25) is 0 Å². The molecule has 1 aromatic carbocycles. The van der Waals surface area contributed by atoms with Crippen molar-refractivity contribution >= 4 is 57.3 Å². The molecule has 3 heterocycles. The van der Waals surface area contributed by atoms with E-state index in [4.69, 9.17) is 4.74 Å². The molecule has 2 aromatic heterocycles. The highest BCUT2D eigenvalue weighted by atomic mass is 32.2. The monoisotopic (exact) mass is 556 g/mol. The van der Waals surface area contributed by atoms with E-state index < -0.39 is 0 Å². The number of nitrogens with one attached hydrogen (secondary N) is 1. The number of anilines is 1. The van der Waals surface area contributed by atoms with Gasteiger partial charge in [0, 0.05) is 36.0 Å². The molecule has 3 aromatic rings. The van der Waals surface area contributed by atoms with Crippen molar-refractivity contribution in [2.45, 2.75) is 35.4 Å². The lowest BCUT2D eigenvalue weighted by atomic mass is 10.1. The van der Waals surface area contributed by atoms with Crippen molar-refractivity contribution in [3.63, 3.8) is 0 Å². The molecule has 8 nitrogen and oxygen atoms in total. The van der Waals surface area contributed by atoms with Crippen LogP contribution in [0.15, 0.2) is 56.9 Å². The minimum atomic E-state index is -0.194. The van der Waals surface area contributed by atoms with Gasteiger partial charge in [0.15, 0.2) is 5.13 Å². The van der Waals surface area contributed by atoms with Crippen LogP contribution in [0, 0.1) is 6.92 Å². The summed E-state index contributed by atoms with van der Waals surface area (Å²) in [6.07, 6.45) is 3.78. The summed E-state index contributed by atoms with van der Waals surface area (Å²) in [5, 5.41) is 6.98. The maximum absolute atomic E-state index is 13.6. The summed E-state index contributed by atoms with van der Waals surface area (Å²) in [6, 6.07) is 5.42. The predicted molar refractivity (Wildman–Crippen MR) is 148 cm³/mol. The van der Waals surface area contributed by atoms with Gasteiger partial charge >= 0.3 is 0 Å². The predicted octanol–water partition coefficient (Wildman–Crippen LogP) is 5.17. The number of aromatic nitrogens is 1. The number of thiophene rings is 1. The van der Waals surface area contributed by atoms with E-state index in [2.05, 4.69) is 16.9 Å². The molecule has 0 saturated carbocycles. The maximum Gasteiger partial charge on any atom is 0.258 e. The molecule has 1 unspecified atom stereocenters. The first-order valence-electron chi connectivity index (χ1n) is 11.7. The molecule has 1 aliphatic heterocycles. The van der Waals surface area contributed by atoms with Crippen molar-refractivity contribution in [2.75, 3.05) is 32.1 Å². The largest absolute Gasteiger partial charge is 0.496 e. The third kappa shape index (κ3) is 6.06. The molecule has 1 atom stereocenters. The summed E-state index contributed by atoms with van der Waals surface area (Å²) in [5.74, 6) is 0.0790. The Morgan fingerprint density at radius 3 is 2.81 bits per heavy atom. The Labute approximate surface area is 228 Å². The number of ether oxygens (including phenoxy) is 1. The van der Waals surface area contributed by atoms with E-state index in [0.29, 0.717) is 41.6 Å². The van der Waals surface area contributed by atoms with Gasteiger partial charge in [0.2, 0.25) is 5.91 Å². The second-order valence-electron chi connectivity index (χ2n) is 8.42. The zero-order valence-electron chi connectivity index (χ0n) is 20.9. The normalized spacial score (nSPS) is 15.4. The Balaban J connectivity index is 1.51. The lowest BCUT2D eigenvalue weighted by Gasteiger charge is -2.41. The molecule has 194 valence electrons. The minimum absolute atomic E-state index is 0.0617. The van der Waals surface area contributed by atoms with E-state index in [9.17, 15) is 14.4 Å². The van der Waals surface area contributed by atoms with E-state index in [1.807, 2.05) is 31.4 Å². The minimum Gasteiger partial charge on any atom is -0.496 e. The Morgan fingerprint density at radius 2 is 2.14 bits per heavy atom. The summed E-state index contributed by atoms with van der Waals surface area (Å²) in [6.45, 7) is 8.93. The maximum atomic E-state index is 13.6. The third-order valence-corrected chi connectivity index (χ3v) is 8.98. The number of thiazole rings is 1. The second-order valence-corrected chi connectivity index (χ2v) is 11.6. The van der Waals surface area contributed by atoms with Gasteiger partial charge in [-0.15, -0.1) is 0 Å². The van der Waals surface area contributed by atoms with Crippen LogP contribution < -0.4 is 10.1 Å². The number of nitrogens with zero attached hydrogens (tertiary/aromatic N) is 3. The molecule has 0 radical (unpaired) electrons. The van der Waals surface area contributed by atoms with Crippen molar-refractivity contribution in [2.24, 2.45) is 0 Å². The number of aryl methyl sites for hydroxylation is 1. The first-order chi connectivity index (χ1) is 17.8. The summed E-state index contributed by atoms with van der Waals surface area (Å²) in [5.41, 5.74) is 2.04. The molecule has 37 heavy (non-hydrogen) atoms. The number of rotatable bonds is 8. The number of hydrogen-bond acceptors (Lipinski definition) is 8. The lowest BCUT2D eigenvalue weighted by molar-refractivity contribution is -0.130. The number of carbonyl (C=O) groups excluding carboxylic acids is 3. The highest BCUT2D eigenvalue weighted by molar-refractivity contribution is 8.01. The van der Waals surface area contributed by atoms with Crippen molar-refractivity contribution in [3.8, 4) is 5.75 Å². The first-order valence-corrected chi connectivity index (χ1v) is 14.3.